The number of terminal acetylenes is 1. The Morgan fingerprint density at radius 1 is 1.48 bits per heavy atom. The third-order valence-corrected chi connectivity index (χ3v) is 4.00. The van der Waals surface area contributed by atoms with Crippen molar-refractivity contribution in [1.29, 1.82) is 0 Å². The maximum absolute atomic E-state index is 11.6. The smallest absolute Gasteiger partial charge is 0.261 e. The number of benzene rings is 1. The molecule has 0 aliphatic heterocycles. The van der Waals surface area contributed by atoms with Gasteiger partial charge in [-0.05, 0) is 13.0 Å². The molecule has 0 saturated carbocycles. The van der Waals surface area contributed by atoms with Gasteiger partial charge >= 0.3 is 0 Å². The van der Waals surface area contributed by atoms with Gasteiger partial charge in [0, 0.05) is 6.07 Å². The molecule has 0 aliphatic carbocycles. The average Bonchev–Trinajstić information content (AvgIpc) is 2.38. The van der Waals surface area contributed by atoms with Crippen molar-refractivity contribution in [2.45, 2.75) is 17.9 Å². The first-order valence-electron chi connectivity index (χ1n) is 5.56. The lowest BCUT2D eigenvalue weighted by Gasteiger charge is -2.16. The highest BCUT2D eigenvalue weighted by atomic mass is 35.5. The fourth-order valence-corrected chi connectivity index (χ4v) is 2.71. The van der Waals surface area contributed by atoms with E-state index in [1.54, 1.807) is 0 Å². The van der Waals surface area contributed by atoms with E-state index in [1.165, 1.54) is 13.0 Å². The minimum absolute atomic E-state index is 0.0416. The minimum Gasteiger partial charge on any atom is -0.479 e. The van der Waals surface area contributed by atoms with Gasteiger partial charge in [0.05, 0.1) is 16.6 Å². The van der Waals surface area contributed by atoms with E-state index in [9.17, 15) is 13.2 Å². The Hall–Kier alpha value is -1.46. The summed E-state index contributed by atoms with van der Waals surface area (Å²) in [5.74, 6) is 1.85. The van der Waals surface area contributed by atoms with Crippen LogP contribution in [0.2, 0.25) is 10.0 Å². The van der Waals surface area contributed by atoms with E-state index in [4.69, 9.17) is 39.5 Å². The molecular weight excluding hydrogens is 339 g/mol. The highest BCUT2D eigenvalue weighted by Gasteiger charge is 2.20. The number of halogens is 2. The maximum Gasteiger partial charge on any atom is 0.261 e. The monoisotopic (exact) mass is 350 g/mol. The molecule has 1 atom stereocenters. The summed E-state index contributed by atoms with van der Waals surface area (Å²) in [5, 5.41) is 7.22. The van der Waals surface area contributed by atoms with Crippen molar-refractivity contribution in [1.82, 2.24) is 5.32 Å². The Morgan fingerprint density at radius 3 is 2.62 bits per heavy atom. The highest BCUT2D eigenvalue weighted by Crippen LogP contribution is 2.33. The largest absolute Gasteiger partial charge is 0.479 e. The number of carbonyl (C=O) groups excluding carboxylic acids is 1. The van der Waals surface area contributed by atoms with Crippen LogP contribution in [-0.2, 0) is 14.8 Å². The van der Waals surface area contributed by atoms with Crippen LogP contribution in [0.25, 0.3) is 0 Å². The van der Waals surface area contributed by atoms with Gasteiger partial charge in [0.15, 0.2) is 6.10 Å². The number of carbonyl (C=O) groups is 1. The summed E-state index contributed by atoms with van der Waals surface area (Å²) >= 11 is 11.7. The number of nitrogens with two attached hydrogens (primary N) is 1. The van der Waals surface area contributed by atoms with Gasteiger partial charge in [-0.15, -0.1) is 6.42 Å². The molecular formula is C12H12Cl2N2O4S. The van der Waals surface area contributed by atoms with Gasteiger partial charge in [0.1, 0.15) is 10.6 Å². The molecule has 0 saturated heterocycles. The number of rotatable bonds is 5. The minimum atomic E-state index is -4.00. The van der Waals surface area contributed by atoms with Gasteiger partial charge in [-0.2, -0.15) is 0 Å². The molecule has 1 unspecified atom stereocenters. The summed E-state index contributed by atoms with van der Waals surface area (Å²) in [5.41, 5.74) is 0. The number of hydrogen-bond donors (Lipinski definition) is 2. The van der Waals surface area contributed by atoms with Crippen molar-refractivity contribution in [3.05, 3.63) is 22.2 Å². The lowest BCUT2D eigenvalue weighted by Crippen LogP contribution is -2.36. The third kappa shape index (κ3) is 4.79. The molecule has 114 valence electrons. The summed E-state index contributed by atoms with van der Waals surface area (Å²) in [4.78, 5) is 11.3. The summed E-state index contributed by atoms with van der Waals surface area (Å²) in [6.45, 7) is 1.54. The number of nitrogens with one attached hydrogen (secondary N) is 1. The van der Waals surface area contributed by atoms with Crippen LogP contribution >= 0.6 is 23.2 Å². The van der Waals surface area contributed by atoms with Crippen molar-refractivity contribution in [2.75, 3.05) is 6.54 Å². The molecule has 9 heteroatoms. The third-order valence-electron chi connectivity index (χ3n) is 2.33. The number of primary sulfonamides is 1. The van der Waals surface area contributed by atoms with Gasteiger partial charge in [-0.3, -0.25) is 4.79 Å². The van der Waals surface area contributed by atoms with Gasteiger partial charge in [0.2, 0.25) is 10.0 Å². The summed E-state index contributed by atoms with van der Waals surface area (Å²) < 4.78 is 27.9. The van der Waals surface area contributed by atoms with Crippen LogP contribution in [0, 0.1) is 12.3 Å². The van der Waals surface area contributed by atoms with Gasteiger partial charge in [-0.1, -0.05) is 29.1 Å². The van der Waals surface area contributed by atoms with Crippen molar-refractivity contribution in [3.63, 3.8) is 0 Å². The lowest BCUT2D eigenvalue weighted by molar-refractivity contribution is -0.126. The number of amides is 1. The van der Waals surface area contributed by atoms with Crippen LogP contribution in [0.1, 0.15) is 6.92 Å². The Morgan fingerprint density at radius 2 is 2.10 bits per heavy atom. The van der Waals surface area contributed by atoms with E-state index in [1.807, 2.05) is 0 Å². The first-order chi connectivity index (χ1) is 9.66. The molecule has 6 nitrogen and oxygen atoms in total. The Balaban J connectivity index is 2.99. The molecule has 0 radical (unpaired) electrons. The molecule has 0 aromatic heterocycles. The molecule has 1 amide bonds. The van der Waals surface area contributed by atoms with E-state index >= 15 is 0 Å². The van der Waals surface area contributed by atoms with Gasteiger partial charge in [0.25, 0.3) is 5.91 Å². The van der Waals surface area contributed by atoms with Crippen LogP contribution in [0.15, 0.2) is 17.0 Å². The van der Waals surface area contributed by atoms with Crippen LogP contribution in [0.3, 0.4) is 0 Å². The second-order valence-electron chi connectivity index (χ2n) is 3.94. The topological polar surface area (TPSA) is 98.5 Å². The zero-order valence-corrected chi connectivity index (χ0v) is 13.2. The summed E-state index contributed by atoms with van der Waals surface area (Å²) in [6.07, 6.45) is 4.12. The molecule has 0 bridgehead atoms. The van der Waals surface area contributed by atoms with Crippen molar-refractivity contribution >= 4 is 39.1 Å². The summed E-state index contributed by atoms with van der Waals surface area (Å²) in [6, 6.07) is 2.23. The molecule has 1 aromatic carbocycles. The highest BCUT2D eigenvalue weighted by molar-refractivity contribution is 7.89. The van der Waals surface area contributed by atoms with Crippen molar-refractivity contribution in [3.8, 4) is 18.1 Å². The first-order valence-corrected chi connectivity index (χ1v) is 7.86. The van der Waals surface area contributed by atoms with E-state index in [0.717, 1.165) is 6.07 Å². The van der Waals surface area contributed by atoms with E-state index in [2.05, 4.69) is 11.2 Å². The quantitative estimate of drug-likeness (QED) is 0.778. The van der Waals surface area contributed by atoms with Crippen LogP contribution in [0.5, 0.6) is 5.75 Å². The molecule has 1 aromatic rings. The predicted molar refractivity (Wildman–Crippen MR) is 79.8 cm³/mol. The van der Waals surface area contributed by atoms with E-state index in [0.29, 0.717) is 0 Å². The fourth-order valence-electron chi connectivity index (χ4n) is 1.34. The van der Waals surface area contributed by atoms with Crippen LogP contribution < -0.4 is 15.2 Å². The second-order valence-corrected chi connectivity index (χ2v) is 6.28. The number of sulfonamides is 1. The molecule has 0 aliphatic rings. The standard InChI is InChI=1S/C12H12Cl2N2O4S/c1-3-4-16-12(17)7(2)20-10-5-9(14)11(6-8(10)13)21(15,18)19/h1,5-7H,4H2,2H3,(H,16,17)(H2,15,18,19). The first kappa shape index (κ1) is 17.6. The molecule has 3 N–H and O–H groups in total. The molecule has 1 rings (SSSR count). The lowest BCUT2D eigenvalue weighted by atomic mass is 10.3. The zero-order valence-electron chi connectivity index (χ0n) is 10.9. The Kier molecular flexibility index (Phi) is 5.87. The average molecular weight is 351 g/mol. The van der Waals surface area contributed by atoms with Crippen molar-refractivity contribution < 1.29 is 17.9 Å². The van der Waals surface area contributed by atoms with Crippen LogP contribution in [0.4, 0.5) is 0 Å². The Bertz CT molecular complexity index is 698. The van der Waals surface area contributed by atoms with Gasteiger partial charge < -0.3 is 10.1 Å². The Labute approximate surface area is 132 Å². The second kappa shape index (κ2) is 7.00. The van der Waals surface area contributed by atoms with Crippen molar-refractivity contribution in [2.24, 2.45) is 5.14 Å². The normalized spacial score (nSPS) is 12.3. The molecule has 0 spiro atoms. The van der Waals surface area contributed by atoms with E-state index < -0.39 is 22.0 Å². The van der Waals surface area contributed by atoms with E-state index in [-0.39, 0.29) is 27.2 Å². The number of ether oxygens (including phenoxy) is 1. The molecule has 21 heavy (non-hydrogen) atoms. The maximum atomic E-state index is 11.6. The van der Waals surface area contributed by atoms with Gasteiger partial charge in [-0.25, -0.2) is 13.6 Å². The molecule has 0 heterocycles. The molecule has 0 fully saturated rings. The number of hydrogen-bond acceptors (Lipinski definition) is 4. The zero-order chi connectivity index (χ0) is 16.2. The predicted octanol–water partition coefficient (Wildman–Crippen LogP) is 1.16. The van der Waals surface area contributed by atoms with Crippen LogP contribution in [-0.4, -0.2) is 27.0 Å². The fraction of sp³-hybridized carbons (Fsp3) is 0.250. The summed E-state index contributed by atoms with van der Waals surface area (Å²) in [7, 11) is -4.00. The SMILES string of the molecule is C#CCNC(=O)C(C)Oc1cc(Cl)c(S(N)(=O)=O)cc1Cl.